The maximum absolute atomic E-state index is 5.63. The monoisotopic (exact) mass is 284 g/mol. The Morgan fingerprint density at radius 1 is 1.10 bits per heavy atom. The Balaban J connectivity index is 1.83. The van der Waals surface area contributed by atoms with E-state index in [2.05, 4.69) is 39.1 Å². The van der Waals surface area contributed by atoms with E-state index in [4.69, 9.17) is 18.0 Å². The Kier molecular flexibility index (Phi) is 3.60. The van der Waals surface area contributed by atoms with Crippen molar-refractivity contribution in [3.8, 4) is 0 Å². The molecule has 2 heterocycles. The van der Waals surface area contributed by atoms with Gasteiger partial charge in [0.2, 0.25) is 5.95 Å². The highest BCUT2D eigenvalue weighted by Gasteiger charge is 2.16. The molecule has 1 aliphatic rings. The second-order valence-corrected chi connectivity index (χ2v) is 5.30. The molecule has 1 aliphatic heterocycles. The Bertz CT molecular complexity index is 614. The number of fused-ring (bicyclic) bond motifs is 1. The molecule has 0 saturated carbocycles. The van der Waals surface area contributed by atoms with E-state index in [0.29, 0.717) is 16.6 Å². The van der Waals surface area contributed by atoms with Gasteiger partial charge in [0.1, 0.15) is 10.7 Å². The van der Waals surface area contributed by atoms with Crippen LogP contribution in [0.5, 0.6) is 0 Å². The molecule has 2 aromatic rings. The van der Waals surface area contributed by atoms with E-state index < -0.39 is 0 Å². The van der Waals surface area contributed by atoms with E-state index in [9.17, 15) is 0 Å². The van der Waals surface area contributed by atoms with E-state index in [1.807, 2.05) is 0 Å². The van der Waals surface area contributed by atoms with Crippen LogP contribution in [0.15, 0.2) is 36.5 Å². The average Bonchev–Trinajstić information content (AvgIpc) is 2.70. The van der Waals surface area contributed by atoms with Crippen LogP contribution >= 0.6 is 12.2 Å². The summed E-state index contributed by atoms with van der Waals surface area (Å²) in [4.78, 5) is 11.3. The summed E-state index contributed by atoms with van der Waals surface area (Å²) < 4.78 is 0. The van der Waals surface area contributed by atoms with E-state index >= 15 is 0 Å². The molecule has 1 aromatic carbocycles. The van der Waals surface area contributed by atoms with Crippen LogP contribution in [0.2, 0.25) is 0 Å². The van der Waals surface area contributed by atoms with E-state index in [-0.39, 0.29) is 0 Å². The number of nitrogens with two attached hydrogens (primary N) is 1. The minimum absolute atomic E-state index is 0.312. The third-order valence-corrected chi connectivity index (χ3v) is 3.81. The van der Waals surface area contributed by atoms with Crippen molar-refractivity contribution in [2.45, 2.75) is 12.8 Å². The molecule has 0 radical (unpaired) electrons. The molecule has 0 saturated heterocycles. The summed E-state index contributed by atoms with van der Waals surface area (Å²) in [7, 11) is 0. The van der Waals surface area contributed by atoms with Gasteiger partial charge in [-0.2, -0.15) is 0 Å². The second-order valence-electron chi connectivity index (χ2n) is 4.86. The maximum Gasteiger partial charge on any atom is 0.225 e. The molecule has 5 heteroatoms. The van der Waals surface area contributed by atoms with Crippen molar-refractivity contribution in [2.75, 3.05) is 18.0 Å². The lowest BCUT2D eigenvalue weighted by atomic mass is 10.0. The first-order chi connectivity index (χ1) is 9.74. The lowest BCUT2D eigenvalue weighted by molar-refractivity contribution is 0.771. The summed E-state index contributed by atoms with van der Waals surface area (Å²) in [5.74, 6) is 0.711. The Morgan fingerprint density at radius 2 is 1.75 bits per heavy atom. The lowest BCUT2D eigenvalue weighted by Gasteiger charge is -2.20. The quantitative estimate of drug-likeness (QED) is 0.851. The van der Waals surface area contributed by atoms with Crippen LogP contribution in [0, 0.1) is 0 Å². The molecule has 2 N–H and O–H groups in total. The third kappa shape index (κ3) is 2.63. The van der Waals surface area contributed by atoms with Crippen LogP contribution in [0.1, 0.15) is 16.8 Å². The first kappa shape index (κ1) is 13.0. The summed E-state index contributed by atoms with van der Waals surface area (Å²) >= 11 is 4.98. The fourth-order valence-electron chi connectivity index (χ4n) is 2.51. The van der Waals surface area contributed by atoms with Gasteiger partial charge in [-0.3, -0.25) is 0 Å². The predicted molar refractivity (Wildman–Crippen MR) is 84.0 cm³/mol. The van der Waals surface area contributed by atoms with Crippen molar-refractivity contribution in [3.63, 3.8) is 0 Å². The fourth-order valence-corrected chi connectivity index (χ4v) is 2.62. The van der Waals surface area contributed by atoms with Gasteiger partial charge in [0, 0.05) is 19.3 Å². The van der Waals surface area contributed by atoms with Crippen molar-refractivity contribution in [1.29, 1.82) is 0 Å². The Morgan fingerprint density at radius 3 is 2.35 bits per heavy atom. The van der Waals surface area contributed by atoms with Gasteiger partial charge >= 0.3 is 0 Å². The van der Waals surface area contributed by atoms with Crippen LogP contribution in [0.4, 0.5) is 5.95 Å². The summed E-state index contributed by atoms with van der Waals surface area (Å²) in [5.41, 5.74) is 9.10. The summed E-state index contributed by atoms with van der Waals surface area (Å²) in [6.07, 6.45) is 3.74. The molecule has 0 unspecified atom stereocenters. The molecule has 1 aromatic heterocycles. The van der Waals surface area contributed by atoms with Crippen molar-refractivity contribution < 1.29 is 0 Å². The average molecular weight is 284 g/mol. The van der Waals surface area contributed by atoms with Crippen molar-refractivity contribution in [1.82, 2.24) is 9.97 Å². The zero-order chi connectivity index (χ0) is 13.9. The molecule has 102 valence electrons. The standard InChI is InChI=1S/C15H16N4S/c16-14(20)13-5-8-17-15(18-13)19-9-6-11-3-1-2-4-12(11)7-10-19/h1-5,8H,6-7,9-10H2,(H2,16,20). The number of hydrogen-bond donors (Lipinski definition) is 1. The molecule has 0 aliphatic carbocycles. The number of rotatable bonds is 2. The highest BCUT2D eigenvalue weighted by Crippen LogP contribution is 2.18. The van der Waals surface area contributed by atoms with Gasteiger partial charge < -0.3 is 10.6 Å². The van der Waals surface area contributed by atoms with Gasteiger partial charge in [-0.25, -0.2) is 9.97 Å². The zero-order valence-electron chi connectivity index (χ0n) is 11.1. The molecule has 0 bridgehead atoms. The molecular formula is C15H16N4S. The summed E-state index contributed by atoms with van der Waals surface area (Å²) in [6.45, 7) is 1.83. The van der Waals surface area contributed by atoms with Gasteiger partial charge in [-0.1, -0.05) is 36.5 Å². The van der Waals surface area contributed by atoms with Crippen molar-refractivity contribution in [3.05, 3.63) is 53.3 Å². The predicted octanol–water partition coefficient (Wildman–Crippen LogP) is 1.72. The molecule has 3 rings (SSSR count). The summed E-state index contributed by atoms with van der Waals surface area (Å²) in [6, 6.07) is 10.3. The lowest BCUT2D eigenvalue weighted by Crippen LogP contribution is -2.28. The number of thiocarbonyl (C=S) groups is 1. The number of anilines is 1. The molecule has 0 spiro atoms. The maximum atomic E-state index is 5.63. The van der Waals surface area contributed by atoms with Gasteiger partial charge in [0.05, 0.1) is 0 Å². The minimum atomic E-state index is 0.312. The van der Waals surface area contributed by atoms with E-state index in [1.54, 1.807) is 12.3 Å². The zero-order valence-corrected chi connectivity index (χ0v) is 11.9. The van der Waals surface area contributed by atoms with Gasteiger partial charge in [-0.15, -0.1) is 0 Å². The molecule has 0 atom stereocenters. The van der Waals surface area contributed by atoms with Gasteiger partial charge in [-0.05, 0) is 30.0 Å². The first-order valence-electron chi connectivity index (χ1n) is 6.68. The molecular weight excluding hydrogens is 268 g/mol. The SMILES string of the molecule is NC(=S)c1ccnc(N2CCc3ccccc3CC2)n1. The van der Waals surface area contributed by atoms with Crippen LogP contribution < -0.4 is 10.6 Å². The number of benzene rings is 1. The van der Waals surface area contributed by atoms with Crippen molar-refractivity contribution >= 4 is 23.2 Å². The topological polar surface area (TPSA) is 55.0 Å². The smallest absolute Gasteiger partial charge is 0.225 e. The normalized spacial score (nSPS) is 14.5. The highest BCUT2D eigenvalue weighted by atomic mass is 32.1. The molecule has 4 nitrogen and oxygen atoms in total. The second kappa shape index (κ2) is 5.54. The van der Waals surface area contributed by atoms with Crippen LogP contribution in [-0.2, 0) is 12.8 Å². The van der Waals surface area contributed by atoms with Crippen LogP contribution in [0.3, 0.4) is 0 Å². The number of hydrogen-bond acceptors (Lipinski definition) is 4. The number of aromatic nitrogens is 2. The van der Waals surface area contributed by atoms with Crippen LogP contribution in [0.25, 0.3) is 0 Å². The first-order valence-corrected chi connectivity index (χ1v) is 7.09. The summed E-state index contributed by atoms with van der Waals surface area (Å²) in [5, 5.41) is 0. The molecule has 0 fully saturated rings. The van der Waals surface area contributed by atoms with Gasteiger partial charge in [0.25, 0.3) is 0 Å². The number of nitrogens with zero attached hydrogens (tertiary/aromatic N) is 3. The van der Waals surface area contributed by atoms with Gasteiger partial charge in [0.15, 0.2) is 0 Å². The van der Waals surface area contributed by atoms with Crippen molar-refractivity contribution in [2.24, 2.45) is 5.73 Å². The van der Waals surface area contributed by atoms with E-state index in [0.717, 1.165) is 25.9 Å². The molecule has 0 amide bonds. The van der Waals surface area contributed by atoms with Crippen LogP contribution in [-0.4, -0.2) is 28.0 Å². The Hall–Kier alpha value is -2.01. The third-order valence-electron chi connectivity index (χ3n) is 3.60. The minimum Gasteiger partial charge on any atom is -0.388 e. The highest BCUT2D eigenvalue weighted by molar-refractivity contribution is 7.80. The largest absolute Gasteiger partial charge is 0.388 e. The Labute approximate surface area is 123 Å². The fraction of sp³-hybridized carbons (Fsp3) is 0.267. The molecule has 20 heavy (non-hydrogen) atoms. The van der Waals surface area contributed by atoms with E-state index in [1.165, 1.54) is 11.1 Å².